The summed E-state index contributed by atoms with van der Waals surface area (Å²) in [6.07, 6.45) is 0.557. The quantitative estimate of drug-likeness (QED) is 0.388. The molecular formula is C12H20N4O7S. The van der Waals surface area contributed by atoms with E-state index in [1.165, 1.54) is 11.1 Å². The minimum Gasteiger partial charge on any atom is -0.394 e. The Labute approximate surface area is 140 Å². The van der Waals surface area contributed by atoms with Crippen LogP contribution in [0, 0.1) is 0 Å². The van der Waals surface area contributed by atoms with Gasteiger partial charge in [0.2, 0.25) is 11.2 Å². The fourth-order valence-electron chi connectivity index (χ4n) is 2.59. The molecule has 0 aliphatic carbocycles. The Bertz CT molecular complexity index is 558. The summed E-state index contributed by atoms with van der Waals surface area (Å²) in [6.45, 7) is -0.411. The molecule has 1 unspecified atom stereocenters. The molecule has 0 aromatic carbocycles. The highest BCUT2D eigenvalue weighted by Gasteiger charge is 2.58. The van der Waals surface area contributed by atoms with E-state index in [1.807, 2.05) is 14.1 Å². The van der Waals surface area contributed by atoms with Gasteiger partial charge in [-0.05, 0) is 6.08 Å². The lowest BCUT2D eigenvalue weighted by Crippen LogP contribution is -2.52. The molecule has 5 atom stereocenters. The first kappa shape index (κ1) is 17.4. The molecule has 24 heavy (non-hydrogen) atoms. The van der Waals surface area contributed by atoms with Gasteiger partial charge in [-0.25, -0.2) is 9.79 Å². The van der Waals surface area contributed by atoms with E-state index in [0.717, 1.165) is 0 Å². The standard InChI is InChI=1S/C12H20N4O7S/c1-15(2)6-13-8-3-4-16(12(18)14-8)11-10-9(7(5-17)21-11)22-24(19,20)23-10/h3-4,6-11,17,19-20H,5H2,1-2H3,(H,14,18)/t7-,8?,9-,10-,11-/m1/s1. The maximum absolute atomic E-state index is 12.3. The zero-order valence-electron chi connectivity index (χ0n) is 13.1. The zero-order chi connectivity index (χ0) is 17.5. The van der Waals surface area contributed by atoms with Gasteiger partial charge >= 0.3 is 6.03 Å². The van der Waals surface area contributed by atoms with Crippen molar-refractivity contribution in [2.45, 2.75) is 30.7 Å². The number of aliphatic hydroxyl groups is 1. The van der Waals surface area contributed by atoms with Gasteiger partial charge < -0.3 is 20.1 Å². The second kappa shape index (κ2) is 6.48. The van der Waals surface area contributed by atoms with Gasteiger partial charge in [0.1, 0.15) is 18.4 Å². The number of rotatable bonds is 4. The van der Waals surface area contributed by atoms with Crippen LogP contribution in [0.5, 0.6) is 0 Å². The van der Waals surface area contributed by atoms with E-state index in [-0.39, 0.29) is 0 Å². The van der Waals surface area contributed by atoms with Crippen molar-refractivity contribution in [3.8, 4) is 0 Å². The summed E-state index contributed by atoms with van der Waals surface area (Å²) in [5.74, 6) is 0. The lowest BCUT2D eigenvalue weighted by atomic mass is 10.1. The first-order valence-corrected chi connectivity index (χ1v) is 8.58. The highest BCUT2D eigenvalue weighted by molar-refractivity contribution is 8.16. The third-order valence-electron chi connectivity index (χ3n) is 3.61. The highest BCUT2D eigenvalue weighted by Crippen LogP contribution is 2.55. The van der Waals surface area contributed by atoms with Crippen LogP contribution in [0.2, 0.25) is 0 Å². The molecule has 3 aliphatic rings. The van der Waals surface area contributed by atoms with Crippen molar-refractivity contribution in [2.75, 3.05) is 20.7 Å². The minimum absolute atomic E-state index is 0.411. The average molecular weight is 364 g/mol. The molecule has 2 fully saturated rings. The van der Waals surface area contributed by atoms with Crippen LogP contribution in [0.1, 0.15) is 0 Å². The van der Waals surface area contributed by atoms with E-state index in [1.54, 1.807) is 17.3 Å². The monoisotopic (exact) mass is 364 g/mol. The van der Waals surface area contributed by atoms with E-state index in [2.05, 4.69) is 10.3 Å². The Kier molecular flexibility index (Phi) is 4.70. The number of aliphatic hydroxyl groups excluding tert-OH is 1. The van der Waals surface area contributed by atoms with Crippen molar-refractivity contribution in [2.24, 2.45) is 4.99 Å². The van der Waals surface area contributed by atoms with Crippen LogP contribution >= 0.6 is 11.2 Å². The largest absolute Gasteiger partial charge is 0.394 e. The van der Waals surface area contributed by atoms with Crippen molar-refractivity contribution < 1.29 is 32.1 Å². The van der Waals surface area contributed by atoms with Crippen molar-refractivity contribution in [3.05, 3.63) is 12.3 Å². The SMILES string of the molecule is CN(C)C=NC1C=CN([C@@H]2O[C@H](CO)[C@H]3OS(O)(O)O[C@H]32)C(=O)N1. The van der Waals surface area contributed by atoms with Gasteiger partial charge in [-0.2, -0.15) is 0 Å². The lowest BCUT2D eigenvalue weighted by Gasteiger charge is -2.32. The zero-order valence-corrected chi connectivity index (χ0v) is 13.9. The van der Waals surface area contributed by atoms with E-state index in [0.29, 0.717) is 0 Å². The highest BCUT2D eigenvalue weighted by atomic mass is 32.3. The molecule has 12 heteroatoms. The van der Waals surface area contributed by atoms with Crippen LogP contribution < -0.4 is 5.32 Å². The number of nitrogens with zero attached hydrogens (tertiary/aromatic N) is 3. The maximum atomic E-state index is 12.3. The molecule has 3 aliphatic heterocycles. The van der Waals surface area contributed by atoms with E-state index in [9.17, 15) is 19.0 Å². The first-order valence-electron chi connectivity index (χ1n) is 7.18. The van der Waals surface area contributed by atoms with Crippen LogP contribution in [0.15, 0.2) is 17.3 Å². The minimum atomic E-state index is -3.67. The molecule has 3 rings (SSSR count). The Balaban J connectivity index is 1.74. The summed E-state index contributed by atoms with van der Waals surface area (Å²) in [4.78, 5) is 19.4. The van der Waals surface area contributed by atoms with Crippen molar-refractivity contribution in [1.29, 1.82) is 0 Å². The number of nitrogens with one attached hydrogen (secondary N) is 1. The second-order valence-electron chi connectivity index (χ2n) is 5.69. The van der Waals surface area contributed by atoms with Crippen LogP contribution in [0.25, 0.3) is 0 Å². The molecule has 0 spiro atoms. The third kappa shape index (κ3) is 3.35. The second-order valence-corrected chi connectivity index (χ2v) is 6.97. The van der Waals surface area contributed by atoms with Gasteiger partial charge in [0.15, 0.2) is 12.3 Å². The maximum Gasteiger partial charge on any atom is 0.325 e. The molecule has 0 bridgehead atoms. The molecule has 0 aromatic rings. The van der Waals surface area contributed by atoms with Crippen LogP contribution in [-0.2, 0) is 13.1 Å². The lowest BCUT2D eigenvalue weighted by molar-refractivity contribution is -0.0709. The molecule has 3 heterocycles. The first-order chi connectivity index (χ1) is 11.3. The summed E-state index contributed by atoms with van der Waals surface area (Å²) in [5.41, 5.74) is 0. The Hall–Kier alpha value is -1.41. The number of carbonyl (C=O) groups excluding carboxylic acids is 1. The predicted molar refractivity (Wildman–Crippen MR) is 83.8 cm³/mol. The molecule has 2 amide bonds. The molecular weight excluding hydrogens is 344 g/mol. The molecule has 4 N–H and O–H groups in total. The Morgan fingerprint density at radius 3 is 2.75 bits per heavy atom. The molecule has 0 saturated carbocycles. The Morgan fingerprint density at radius 2 is 2.12 bits per heavy atom. The number of carbonyl (C=O) groups is 1. The fraction of sp³-hybridized carbons (Fsp3) is 0.667. The normalized spacial score (nSPS) is 39.1. The van der Waals surface area contributed by atoms with Crippen molar-refractivity contribution in [3.63, 3.8) is 0 Å². The summed E-state index contributed by atoms with van der Waals surface area (Å²) in [6, 6.07) is -0.493. The van der Waals surface area contributed by atoms with E-state index >= 15 is 0 Å². The average Bonchev–Trinajstić information content (AvgIpc) is 2.98. The molecule has 11 nitrogen and oxygen atoms in total. The van der Waals surface area contributed by atoms with Gasteiger partial charge in [0.05, 0.1) is 12.9 Å². The van der Waals surface area contributed by atoms with Gasteiger partial charge in [0.25, 0.3) is 0 Å². The molecule has 0 aromatic heterocycles. The third-order valence-corrected chi connectivity index (χ3v) is 4.55. The summed E-state index contributed by atoms with van der Waals surface area (Å²) in [7, 11) is 3.61. The van der Waals surface area contributed by atoms with E-state index in [4.69, 9.17) is 13.1 Å². The van der Waals surface area contributed by atoms with Crippen molar-refractivity contribution >= 4 is 23.5 Å². The summed E-state index contributed by atoms with van der Waals surface area (Å²) in [5, 5.41) is 12.0. The summed E-state index contributed by atoms with van der Waals surface area (Å²) >= 11 is -3.67. The van der Waals surface area contributed by atoms with Crippen LogP contribution in [0.3, 0.4) is 0 Å². The Morgan fingerprint density at radius 1 is 1.42 bits per heavy atom. The summed E-state index contributed by atoms with van der Waals surface area (Å²) < 4.78 is 34.7. The van der Waals surface area contributed by atoms with Crippen molar-refractivity contribution in [1.82, 2.24) is 15.1 Å². The number of urea groups is 1. The van der Waals surface area contributed by atoms with Gasteiger partial charge in [0, 0.05) is 20.3 Å². The number of fused-ring (bicyclic) bond motifs is 1. The number of aliphatic imine (C=N–C) groups is 1. The predicted octanol–water partition coefficient (Wildman–Crippen LogP) is -0.477. The topological polar surface area (TPSA) is 136 Å². The number of hydrogen-bond donors (Lipinski definition) is 4. The molecule has 0 radical (unpaired) electrons. The number of ether oxygens (including phenoxy) is 1. The van der Waals surface area contributed by atoms with Crippen LogP contribution in [-0.4, -0.2) is 87.8 Å². The van der Waals surface area contributed by atoms with Gasteiger partial charge in [-0.3, -0.25) is 22.4 Å². The molecule has 136 valence electrons. The number of amides is 2. The fourth-order valence-corrected chi connectivity index (χ4v) is 3.66. The smallest absolute Gasteiger partial charge is 0.325 e. The van der Waals surface area contributed by atoms with E-state index < -0.39 is 54.5 Å². The van der Waals surface area contributed by atoms with Crippen LogP contribution in [0.4, 0.5) is 4.79 Å². The van der Waals surface area contributed by atoms with Gasteiger partial charge in [-0.15, -0.1) is 0 Å². The van der Waals surface area contributed by atoms with Gasteiger partial charge in [-0.1, -0.05) is 0 Å². The molecule has 2 saturated heterocycles. The number of hydrogen-bond acceptors (Lipinski definition) is 8.